The van der Waals surface area contributed by atoms with Gasteiger partial charge >= 0.3 is 0 Å². The largest absolute Gasteiger partial charge is 0.295 e. The summed E-state index contributed by atoms with van der Waals surface area (Å²) in [6, 6.07) is 11.4. The zero-order valence-corrected chi connectivity index (χ0v) is 15.7. The lowest BCUT2D eigenvalue weighted by atomic mass is 10.1. The highest BCUT2D eigenvalue weighted by Gasteiger charge is 2.37. The minimum absolute atomic E-state index is 0.138. The highest BCUT2D eigenvalue weighted by atomic mass is 79.9. The monoisotopic (exact) mass is 414 g/mol. The van der Waals surface area contributed by atoms with Crippen LogP contribution in [0, 0.1) is 0 Å². The first-order valence-corrected chi connectivity index (χ1v) is 8.63. The van der Waals surface area contributed by atoms with Crippen molar-refractivity contribution in [3.8, 4) is 0 Å². The number of benzene rings is 2. The predicted octanol–water partition coefficient (Wildman–Crippen LogP) is 3.26. The Bertz CT molecular complexity index is 954. The van der Waals surface area contributed by atoms with Crippen LogP contribution in [0.2, 0.25) is 0 Å². The van der Waals surface area contributed by atoms with Gasteiger partial charge in [-0.2, -0.15) is 0 Å². The number of amides is 3. The first-order chi connectivity index (χ1) is 12.3. The van der Waals surface area contributed by atoms with E-state index in [2.05, 4.69) is 15.9 Å². The lowest BCUT2D eigenvalue weighted by Gasteiger charge is -2.26. The molecular formula is C19H15BrN2O4. The molecule has 0 N–H and O–H groups in total. The zero-order valence-electron chi connectivity index (χ0n) is 14.2. The van der Waals surface area contributed by atoms with Crippen molar-refractivity contribution >= 4 is 45.1 Å². The molecule has 2 aromatic carbocycles. The molecule has 0 aromatic heterocycles. The molecule has 1 heterocycles. The van der Waals surface area contributed by atoms with Crippen molar-refractivity contribution in [3.05, 3.63) is 63.6 Å². The standard InChI is InChI=1S/C19H15BrN2O4/c1-11(23)13-4-3-5-15(8-13)21(12(2)24)10-22-18(25)16-7-6-14(20)9-17(16)19(22)26/h3-9H,10H2,1-2H3. The summed E-state index contributed by atoms with van der Waals surface area (Å²) in [6.07, 6.45) is 0. The van der Waals surface area contributed by atoms with Gasteiger partial charge in [0.1, 0.15) is 6.67 Å². The number of rotatable bonds is 4. The Balaban J connectivity index is 1.94. The predicted molar refractivity (Wildman–Crippen MR) is 99.1 cm³/mol. The van der Waals surface area contributed by atoms with Crippen LogP contribution < -0.4 is 4.90 Å². The van der Waals surface area contributed by atoms with Crippen LogP contribution in [-0.2, 0) is 4.79 Å². The Labute approximate surface area is 158 Å². The van der Waals surface area contributed by atoms with Crippen molar-refractivity contribution in [1.29, 1.82) is 0 Å². The minimum Gasteiger partial charge on any atom is -0.295 e. The third-order valence-electron chi connectivity index (χ3n) is 4.16. The number of fused-ring (bicyclic) bond motifs is 1. The summed E-state index contributed by atoms with van der Waals surface area (Å²) in [7, 11) is 0. The van der Waals surface area contributed by atoms with Crippen molar-refractivity contribution in [3.63, 3.8) is 0 Å². The SMILES string of the molecule is CC(=O)c1cccc(N(CN2C(=O)c3ccc(Br)cc3C2=O)C(C)=O)c1. The third-order valence-corrected chi connectivity index (χ3v) is 4.65. The molecule has 3 amide bonds. The van der Waals surface area contributed by atoms with E-state index in [1.807, 2.05) is 0 Å². The number of Topliss-reactive ketones (excluding diaryl/α,β-unsaturated/α-hetero) is 1. The number of hydrogen-bond acceptors (Lipinski definition) is 4. The topological polar surface area (TPSA) is 74.8 Å². The molecule has 7 heteroatoms. The maximum atomic E-state index is 12.6. The van der Waals surface area contributed by atoms with Gasteiger partial charge in [0.15, 0.2) is 5.78 Å². The Morgan fingerprint density at radius 3 is 2.35 bits per heavy atom. The summed E-state index contributed by atoms with van der Waals surface area (Å²) in [5, 5.41) is 0. The Morgan fingerprint density at radius 1 is 1.00 bits per heavy atom. The summed E-state index contributed by atoms with van der Waals surface area (Å²) in [5.41, 5.74) is 1.49. The first-order valence-electron chi connectivity index (χ1n) is 7.84. The summed E-state index contributed by atoms with van der Waals surface area (Å²) >= 11 is 3.29. The lowest BCUT2D eigenvalue weighted by Crippen LogP contribution is -2.43. The average Bonchev–Trinajstić information content (AvgIpc) is 2.83. The van der Waals surface area contributed by atoms with E-state index in [0.717, 1.165) is 4.90 Å². The maximum absolute atomic E-state index is 12.6. The van der Waals surface area contributed by atoms with Gasteiger partial charge in [0, 0.05) is 22.6 Å². The molecule has 1 aliphatic heterocycles. The van der Waals surface area contributed by atoms with Crippen LogP contribution in [0.1, 0.15) is 44.9 Å². The maximum Gasteiger partial charge on any atom is 0.263 e. The molecule has 1 aliphatic rings. The third kappa shape index (κ3) is 3.17. The van der Waals surface area contributed by atoms with Crippen molar-refractivity contribution in [2.45, 2.75) is 13.8 Å². The highest BCUT2D eigenvalue weighted by Crippen LogP contribution is 2.27. The number of imide groups is 1. The Kier molecular flexibility index (Phi) is 4.73. The fraction of sp³-hybridized carbons (Fsp3) is 0.158. The van der Waals surface area contributed by atoms with Gasteiger partial charge in [-0.25, -0.2) is 0 Å². The number of halogens is 1. The van der Waals surface area contributed by atoms with E-state index in [4.69, 9.17) is 0 Å². The van der Waals surface area contributed by atoms with E-state index in [1.165, 1.54) is 18.7 Å². The fourth-order valence-electron chi connectivity index (χ4n) is 2.79. The molecule has 0 spiro atoms. The van der Waals surface area contributed by atoms with Gasteiger partial charge in [-0.3, -0.25) is 29.0 Å². The molecule has 0 radical (unpaired) electrons. The second-order valence-electron chi connectivity index (χ2n) is 5.92. The minimum atomic E-state index is -0.458. The van der Waals surface area contributed by atoms with Gasteiger partial charge in [0.2, 0.25) is 5.91 Å². The molecule has 0 aliphatic carbocycles. The summed E-state index contributed by atoms with van der Waals surface area (Å²) < 4.78 is 0.692. The van der Waals surface area contributed by atoms with Crippen molar-refractivity contribution in [1.82, 2.24) is 4.90 Å². The molecule has 0 atom stereocenters. The molecule has 2 aromatic rings. The smallest absolute Gasteiger partial charge is 0.263 e. The van der Waals surface area contributed by atoms with E-state index < -0.39 is 11.8 Å². The normalized spacial score (nSPS) is 13.0. The van der Waals surface area contributed by atoms with E-state index in [0.29, 0.717) is 26.9 Å². The average molecular weight is 415 g/mol. The number of ketones is 1. The second kappa shape index (κ2) is 6.84. The van der Waals surface area contributed by atoms with Crippen molar-refractivity contribution in [2.75, 3.05) is 11.6 Å². The summed E-state index contributed by atoms with van der Waals surface area (Å²) in [4.78, 5) is 51.2. The molecule has 0 unspecified atom stereocenters. The van der Waals surface area contributed by atoms with E-state index in [9.17, 15) is 19.2 Å². The number of anilines is 1. The van der Waals surface area contributed by atoms with Crippen LogP contribution >= 0.6 is 15.9 Å². The summed E-state index contributed by atoms with van der Waals surface area (Å²) in [5.74, 6) is -1.39. The number of nitrogens with zero attached hydrogens (tertiary/aromatic N) is 2. The molecule has 26 heavy (non-hydrogen) atoms. The van der Waals surface area contributed by atoms with Gasteiger partial charge < -0.3 is 0 Å². The van der Waals surface area contributed by atoms with Crippen LogP contribution in [0.5, 0.6) is 0 Å². The van der Waals surface area contributed by atoms with Gasteiger partial charge in [-0.05, 0) is 37.3 Å². The first kappa shape index (κ1) is 18.0. The number of carbonyl (C=O) groups is 4. The van der Waals surface area contributed by atoms with Gasteiger partial charge in [-0.15, -0.1) is 0 Å². The summed E-state index contributed by atoms with van der Waals surface area (Å²) in [6.45, 7) is 2.55. The van der Waals surface area contributed by atoms with Gasteiger partial charge in [0.05, 0.1) is 11.1 Å². The fourth-order valence-corrected chi connectivity index (χ4v) is 3.15. The van der Waals surface area contributed by atoms with E-state index >= 15 is 0 Å². The van der Waals surface area contributed by atoms with Crippen LogP contribution in [0.3, 0.4) is 0 Å². The van der Waals surface area contributed by atoms with E-state index in [-0.39, 0.29) is 18.4 Å². The van der Waals surface area contributed by atoms with Crippen molar-refractivity contribution in [2.24, 2.45) is 0 Å². The highest BCUT2D eigenvalue weighted by molar-refractivity contribution is 9.10. The van der Waals surface area contributed by atoms with Gasteiger partial charge in [0.25, 0.3) is 11.8 Å². The second-order valence-corrected chi connectivity index (χ2v) is 6.84. The van der Waals surface area contributed by atoms with Crippen LogP contribution in [0.4, 0.5) is 5.69 Å². The molecular weight excluding hydrogens is 400 g/mol. The van der Waals surface area contributed by atoms with Crippen LogP contribution in [0.15, 0.2) is 46.9 Å². The Hall–Kier alpha value is -2.80. The van der Waals surface area contributed by atoms with Crippen molar-refractivity contribution < 1.29 is 19.2 Å². The molecule has 3 rings (SSSR count). The molecule has 0 saturated heterocycles. The van der Waals surface area contributed by atoms with Crippen LogP contribution in [0.25, 0.3) is 0 Å². The molecule has 0 bridgehead atoms. The quantitative estimate of drug-likeness (QED) is 0.568. The lowest BCUT2D eigenvalue weighted by molar-refractivity contribution is -0.116. The van der Waals surface area contributed by atoms with Gasteiger partial charge in [-0.1, -0.05) is 28.1 Å². The molecule has 0 fully saturated rings. The molecule has 6 nitrogen and oxygen atoms in total. The van der Waals surface area contributed by atoms with E-state index in [1.54, 1.807) is 42.5 Å². The number of hydrogen-bond donors (Lipinski definition) is 0. The number of carbonyl (C=O) groups excluding carboxylic acids is 4. The Morgan fingerprint density at radius 2 is 1.69 bits per heavy atom. The molecule has 132 valence electrons. The zero-order chi connectivity index (χ0) is 19.0. The molecule has 0 saturated carbocycles. The van der Waals surface area contributed by atoms with Crippen LogP contribution in [-0.4, -0.2) is 35.1 Å².